The van der Waals surface area contributed by atoms with Gasteiger partial charge in [-0.1, -0.05) is 77.8 Å². The van der Waals surface area contributed by atoms with Crippen LogP contribution in [-0.2, 0) is 16.8 Å². The molecule has 0 bridgehead atoms. The van der Waals surface area contributed by atoms with Gasteiger partial charge < -0.3 is 15.9 Å². The van der Waals surface area contributed by atoms with Crippen LogP contribution in [0.4, 0.5) is 22.7 Å². The number of rotatable bonds is 6. The molecule has 15 nitrogen and oxygen atoms in total. The van der Waals surface area contributed by atoms with Gasteiger partial charge in [-0.15, -0.1) is 0 Å². The number of hydrogen-bond donors (Lipinski definition) is 5. The number of aromatic hydroxyl groups is 2. The van der Waals surface area contributed by atoms with Crippen LogP contribution in [0.15, 0.2) is 83.0 Å². The fourth-order valence-corrected chi connectivity index (χ4v) is 6.60. The van der Waals surface area contributed by atoms with Crippen molar-refractivity contribution in [1.82, 2.24) is 0 Å². The number of nitrogens with zero attached hydrogens (tertiary/aromatic N) is 4. The number of fused-ring (bicyclic) bond motifs is 2. The summed E-state index contributed by atoms with van der Waals surface area (Å²) < 4.78 is 0. The maximum absolute atomic E-state index is 12.5. The van der Waals surface area contributed by atoms with Crippen molar-refractivity contribution < 1.29 is 47.9 Å². The summed E-state index contributed by atoms with van der Waals surface area (Å²) in [6.45, 7) is 0. The fourth-order valence-electron chi connectivity index (χ4n) is 5.66. The first-order valence-electron chi connectivity index (χ1n) is 17.0. The molecule has 0 heterocycles. The van der Waals surface area contributed by atoms with Crippen LogP contribution in [0.5, 0.6) is 11.5 Å². The number of carbonyl (C=O) groups excluding carboxylic acids is 2. The van der Waals surface area contributed by atoms with E-state index in [4.69, 9.17) is 52.1 Å². The molecule has 1 saturated carbocycles. The molecule has 0 saturated heterocycles. The first-order chi connectivity index (χ1) is 27.2. The molecular formula is C38H32Cl4CoN7O8+. The SMILES string of the molecule is NC1CCCCC1.O=C1/C(=N\Nc2cc([N+](=O)[O-])ccc2O)C=Cc2c(Cl)ccc(Cl)c21.O=C1/C(=N\Nc2cc([N+](=O)[O-])ccc2O)C=Cc2c(Cl)ccc(Cl)c21.[Co].[H+]. The Kier molecular flexibility index (Phi) is 15.9. The quantitative estimate of drug-likeness (QED) is 0.0693. The Balaban J connectivity index is 0.000000263. The van der Waals surface area contributed by atoms with Gasteiger partial charge >= 0.3 is 1.43 Å². The Hall–Kier alpha value is -5.33. The number of anilines is 2. The molecule has 0 aromatic heterocycles. The van der Waals surface area contributed by atoms with E-state index < -0.39 is 21.4 Å². The van der Waals surface area contributed by atoms with Gasteiger partial charge in [-0.3, -0.25) is 40.7 Å². The summed E-state index contributed by atoms with van der Waals surface area (Å²) in [5.74, 6) is -1.41. The number of phenols is 2. The molecule has 4 aromatic rings. The van der Waals surface area contributed by atoms with Crippen LogP contribution in [0.2, 0.25) is 20.1 Å². The molecular weight excluding hydrogens is 883 g/mol. The first kappa shape index (κ1) is 45.4. The van der Waals surface area contributed by atoms with E-state index in [0.29, 0.717) is 27.2 Å². The van der Waals surface area contributed by atoms with Crippen molar-refractivity contribution in [3.63, 3.8) is 0 Å². The van der Waals surface area contributed by atoms with Gasteiger partial charge in [0, 0.05) is 68.3 Å². The molecule has 0 atom stereocenters. The topological polar surface area (TPSA) is 236 Å². The van der Waals surface area contributed by atoms with E-state index in [2.05, 4.69) is 21.1 Å². The van der Waals surface area contributed by atoms with Gasteiger partial charge in [0.25, 0.3) is 11.4 Å². The number of nitrogens with one attached hydrogen (secondary N) is 2. The zero-order valence-electron chi connectivity index (χ0n) is 30.8. The summed E-state index contributed by atoms with van der Waals surface area (Å²) in [6.07, 6.45) is 12.7. The van der Waals surface area contributed by atoms with Crippen LogP contribution >= 0.6 is 46.4 Å². The molecule has 6 N–H and O–H groups in total. The zero-order chi connectivity index (χ0) is 41.4. The van der Waals surface area contributed by atoms with Gasteiger partial charge in [0.1, 0.15) is 34.3 Å². The molecule has 3 aliphatic carbocycles. The van der Waals surface area contributed by atoms with Crippen molar-refractivity contribution in [2.75, 3.05) is 10.9 Å². The minimum atomic E-state index is -0.610. The van der Waals surface area contributed by atoms with Crippen LogP contribution < -0.4 is 16.6 Å². The van der Waals surface area contributed by atoms with Crippen molar-refractivity contribution in [2.45, 2.75) is 38.1 Å². The van der Waals surface area contributed by atoms with Crippen LogP contribution in [0.25, 0.3) is 12.2 Å². The van der Waals surface area contributed by atoms with Crippen molar-refractivity contribution in [1.29, 1.82) is 0 Å². The average Bonchev–Trinajstić information content (AvgIpc) is 3.18. The second-order valence-electron chi connectivity index (χ2n) is 12.5. The van der Waals surface area contributed by atoms with Gasteiger partial charge in [0.05, 0.1) is 31.0 Å². The molecule has 4 aromatic carbocycles. The molecule has 58 heavy (non-hydrogen) atoms. The zero-order valence-corrected chi connectivity index (χ0v) is 33.8. The number of allylic oxidation sites excluding steroid dienone is 2. The number of nitro groups is 2. The Morgan fingerprint density at radius 1 is 0.638 bits per heavy atom. The standard InChI is InChI=1S/2C16H9Cl2N3O4.C6H13N.Co/c2*17-10-3-4-11(18)15-9(10)2-5-12(16(15)23)19-20-13-7-8(21(24)25)1-6-14(13)22;7-6-4-2-1-3-5-6;/h2*1-7,20,22H;6H,1-5,7H2;/p+1/b2*19-12-;;. The molecule has 0 spiro atoms. The predicted molar refractivity (Wildman–Crippen MR) is 223 cm³/mol. The number of Topliss-reactive ketones (excluding diaryl/α,β-unsaturated/α-hetero) is 2. The van der Waals surface area contributed by atoms with Crippen molar-refractivity contribution in [3.8, 4) is 11.5 Å². The molecule has 0 aliphatic heterocycles. The van der Waals surface area contributed by atoms with Gasteiger partial charge in [-0.25, -0.2) is 0 Å². The minimum absolute atomic E-state index is 0. The number of halogens is 4. The third-order valence-electron chi connectivity index (χ3n) is 8.64. The van der Waals surface area contributed by atoms with Crippen LogP contribution in [-0.4, -0.2) is 49.1 Å². The molecule has 0 amide bonds. The van der Waals surface area contributed by atoms with Crippen LogP contribution in [0.3, 0.4) is 0 Å². The molecule has 1 fully saturated rings. The number of carbonyl (C=O) groups is 2. The van der Waals surface area contributed by atoms with Gasteiger partial charge in [0.2, 0.25) is 11.6 Å². The number of nitro benzene ring substituents is 2. The third-order valence-corrected chi connectivity index (χ3v) is 9.93. The van der Waals surface area contributed by atoms with E-state index in [0.717, 1.165) is 36.4 Å². The fraction of sp³-hybridized carbons (Fsp3) is 0.158. The van der Waals surface area contributed by atoms with E-state index in [1.807, 2.05) is 0 Å². The monoisotopic (exact) mass is 913 g/mol. The molecule has 0 unspecified atom stereocenters. The predicted octanol–water partition coefficient (Wildman–Crippen LogP) is 9.96. The maximum Gasteiger partial charge on any atom is 1.00 e. The average molecular weight is 915 g/mol. The third kappa shape index (κ3) is 11.0. The number of non-ortho nitro benzene ring substituents is 2. The Morgan fingerprint density at radius 3 is 1.36 bits per heavy atom. The summed E-state index contributed by atoms with van der Waals surface area (Å²) in [5, 5.41) is 50.2. The summed E-state index contributed by atoms with van der Waals surface area (Å²) in [7, 11) is 0. The number of hydrazone groups is 2. The largest absolute Gasteiger partial charge is 1.00 e. The number of phenolic OH excluding ortho intramolecular Hbond substituents is 2. The normalized spacial score (nSPS) is 15.5. The van der Waals surface area contributed by atoms with Crippen LogP contribution in [0.1, 0.15) is 65.4 Å². The summed E-state index contributed by atoms with van der Waals surface area (Å²) >= 11 is 24.2. The molecule has 3 aliphatic rings. The smallest absolute Gasteiger partial charge is 0.506 e. The van der Waals surface area contributed by atoms with Gasteiger partial charge in [0.15, 0.2) is 0 Å². The van der Waals surface area contributed by atoms with E-state index in [-0.39, 0.29) is 85.0 Å². The number of ketones is 2. The number of benzene rings is 4. The Bertz CT molecular complexity index is 2250. The number of nitrogens with two attached hydrogens (primary N) is 1. The second-order valence-corrected chi connectivity index (χ2v) is 14.1. The molecule has 7 rings (SSSR count). The van der Waals surface area contributed by atoms with Crippen LogP contribution in [0, 0.1) is 20.2 Å². The summed E-state index contributed by atoms with van der Waals surface area (Å²) in [6, 6.07) is 13.6. The second kappa shape index (κ2) is 20.4. The van der Waals surface area contributed by atoms with Gasteiger partial charge in [-0.2, -0.15) is 10.2 Å². The Labute approximate surface area is 362 Å². The summed E-state index contributed by atoms with van der Waals surface area (Å²) in [4.78, 5) is 45.4. The van der Waals surface area contributed by atoms with E-state index in [9.17, 15) is 40.0 Å². The van der Waals surface area contributed by atoms with Crippen molar-refractivity contribution in [3.05, 3.63) is 135 Å². The molecule has 1 radical (unpaired) electrons. The van der Waals surface area contributed by atoms with Crippen molar-refractivity contribution >= 4 is 104 Å². The Morgan fingerprint density at radius 2 is 1.02 bits per heavy atom. The molecule has 20 heteroatoms. The molecule has 303 valence electrons. The van der Waals surface area contributed by atoms with Crippen molar-refractivity contribution in [2.24, 2.45) is 15.9 Å². The first-order valence-corrected chi connectivity index (χ1v) is 18.5. The maximum atomic E-state index is 12.5. The van der Waals surface area contributed by atoms with E-state index in [1.54, 1.807) is 24.3 Å². The number of hydrogen-bond acceptors (Lipinski definition) is 13. The van der Waals surface area contributed by atoms with E-state index >= 15 is 0 Å². The summed E-state index contributed by atoms with van der Waals surface area (Å²) in [5.41, 5.74) is 11.5. The van der Waals surface area contributed by atoms with E-state index in [1.165, 1.54) is 56.4 Å². The minimum Gasteiger partial charge on any atom is -0.506 e. The van der Waals surface area contributed by atoms with Gasteiger partial charge in [-0.05, 0) is 61.4 Å².